The molecule has 6 nitrogen and oxygen atoms in total. The third-order valence-corrected chi connectivity index (χ3v) is 8.85. The first-order valence-electron chi connectivity index (χ1n) is 14.4. The summed E-state index contributed by atoms with van der Waals surface area (Å²) in [6.07, 6.45) is 0. The van der Waals surface area contributed by atoms with E-state index in [0.717, 1.165) is 48.3 Å². The highest BCUT2D eigenvalue weighted by atomic mass is 32.1. The van der Waals surface area contributed by atoms with Crippen LogP contribution in [-0.2, 0) is 0 Å². The van der Waals surface area contributed by atoms with Gasteiger partial charge in [-0.15, -0.1) is 11.3 Å². The van der Waals surface area contributed by atoms with E-state index in [1.165, 1.54) is 0 Å². The van der Waals surface area contributed by atoms with Crippen molar-refractivity contribution >= 4 is 31.6 Å². The quantitative estimate of drug-likeness (QED) is 0.197. The van der Waals surface area contributed by atoms with Crippen molar-refractivity contribution in [3.63, 3.8) is 0 Å². The van der Waals surface area contributed by atoms with Gasteiger partial charge in [0.05, 0.1) is 27.5 Å². The predicted octanol–water partition coefficient (Wildman–Crippen LogP) is 9.24. The molecule has 0 radical (unpaired) electrons. The van der Waals surface area contributed by atoms with Gasteiger partial charge in [0.2, 0.25) is 0 Å². The molecule has 3 aromatic heterocycles. The highest BCUT2D eigenvalue weighted by Gasteiger charge is 2.21. The number of rotatable bonds is 5. The average Bonchev–Trinajstić information content (AvgIpc) is 3.51. The third kappa shape index (κ3) is 4.80. The van der Waals surface area contributed by atoms with Crippen molar-refractivity contribution in [2.75, 3.05) is 0 Å². The summed E-state index contributed by atoms with van der Waals surface area (Å²) in [5, 5.41) is 10.8. The van der Waals surface area contributed by atoms with Crippen LogP contribution in [0.4, 0.5) is 0 Å². The molecule has 3 heterocycles. The molecule has 0 aliphatic carbocycles. The second-order valence-electron chi connectivity index (χ2n) is 10.4. The molecule has 45 heavy (non-hydrogen) atoms. The van der Waals surface area contributed by atoms with Crippen LogP contribution in [0.1, 0.15) is 5.56 Å². The SMILES string of the molecule is N#Cc1ccccc1-c1nc(-c2ccccc2)c2sc3c(-c4nc(-c5ccccc5)nc(-c5ccccc5)n4)cccc3c2n1. The molecule has 0 atom stereocenters. The third-order valence-electron chi connectivity index (χ3n) is 7.62. The number of aromatic nitrogens is 5. The zero-order valence-electron chi connectivity index (χ0n) is 23.8. The minimum absolute atomic E-state index is 0.515. The van der Waals surface area contributed by atoms with Crippen LogP contribution in [-0.4, -0.2) is 24.9 Å². The van der Waals surface area contributed by atoms with Gasteiger partial charge in [0.15, 0.2) is 23.3 Å². The molecule has 0 saturated heterocycles. The van der Waals surface area contributed by atoms with Crippen LogP contribution in [0.2, 0.25) is 0 Å². The maximum absolute atomic E-state index is 9.86. The smallest absolute Gasteiger partial charge is 0.165 e. The Hall–Kier alpha value is -6.10. The topological polar surface area (TPSA) is 88.2 Å². The molecule has 0 unspecified atom stereocenters. The highest BCUT2D eigenvalue weighted by Crippen LogP contribution is 2.43. The first-order valence-corrected chi connectivity index (χ1v) is 15.2. The lowest BCUT2D eigenvalue weighted by atomic mass is 10.1. The Morgan fingerprint density at radius 3 is 1.62 bits per heavy atom. The Balaban J connectivity index is 1.41. The molecule has 0 amide bonds. The zero-order valence-corrected chi connectivity index (χ0v) is 24.6. The van der Waals surface area contributed by atoms with Crippen LogP contribution in [0.25, 0.3) is 77.1 Å². The van der Waals surface area contributed by atoms with E-state index >= 15 is 0 Å². The molecule has 8 rings (SSSR count). The van der Waals surface area contributed by atoms with Crippen LogP contribution in [0.3, 0.4) is 0 Å². The molecule has 210 valence electrons. The Morgan fingerprint density at radius 2 is 0.978 bits per heavy atom. The van der Waals surface area contributed by atoms with Crippen molar-refractivity contribution < 1.29 is 0 Å². The predicted molar refractivity (Wildman–Crippen MR) is 180 cm³/mol. The van der Waals surface area contributed by atoms with Crippen molar-refractivity contribution in [2.24, 2.45) is 0 Å². The van der Waals surface area contributed by atoms with Crippen molar-refractivity contribution in [2.45, 2.75) is 0 Å². The van der Waals surface area contributed by atoms with E-state index in [0.29, 0.717) is 34.4 Å². The summed E-state index contributed by atoms with van der Waals surface area (Å²) in [7, 11) is 0. The number of thiophene rings is 1. The minimum atomic E-state index is 0.515. The van der Waals surface area contributed by atoms with Crippen LogP contribution in [0, 0.1) is 11.3 Å². The summed E-state index contributed by atoms with van der Waals surface area (Å²) in [6.45, 7) is 0. The van der Waals surface area contributed by atoms with Gasteiger partial charge in [-0.2, -0.15) is 5.26 Å². The number of nitriles is 1. The van der Waals surface area contributed by atoms with E-state index in [4.69, 9.17) is 24.9 Å². The number of fused-ring (bicyclic) bond motifs is 3. The van der Waals surface area contributed by atoms with E-state index in [1.807, 2.05) is 103 Å². The van der Waals surface area contributed by atoms with Gasteiger partial charge < -0.3 is 0 Å². The lowest BCUT2D eigenvalue weighted by Gasteiger charge is -2.09. The zero-order chi connectivity index (χ0) is 30.2. The summed E-state index contributed by atoms with van der Waals surface area (Å²) in [5.74, 6) is 2.32. The van der Waals surface area contributed by atoms with Crippen molar-refractivity contribution in [1.29, 1.82) is 5.26 Å². The first-order chi connectivity index (χ1) is 22.3. The molecule has 0 N–H and O–H groups in total. The standard InChI is InChI=1S/C38H22N6S/c39-23-27-19-10-11-20-28(27)37-40-31(24-13-4-1-5-14-24)34-32(41-37)29-21-12-22-30(33(29)45-34)38-43-35(25-15-6-2-7-16-25)42-36(44-38)26-17-8-3-9-18-26/h1-22H. The van der Waals surface area contributed by atoms with E-state index in [1.54, 1.807) is 17.4 Å². The Kier molecular flexibility index (Phi) is 6.60. The van der Waals surface area contributed by atoms with E-state index in [9.17, 15) is 5.26 Å². The molecular formula is C38H22N6S. The summed E-state index contributed by atoms with van der Waals surface area (Å²) < 4.78 is 1.97. The normalized spacial score (nSPS) is 11.1. The van der Waals surface area contributed by atoms with Crippen LogP contribution in [0.15, 0.2) is 133 Å². The van der Waals surface area contributed by atoms with Crippen molar-refractivity contribution in [1.82, 2.24) is 24.9 Å². The van der Waals surface area contributed by atoms with Gasteiger partial charge in [0.1, 0.15) is 0 Å². The van der Waals surface area contributed by atoms with Crippen LogP contribution < -0.4 is 0 Å². The minimum Gasteiger partial charge on any atom is -0.226 e. The second-order valence-corrected chi connectivity index (χ2v) is 11.4. The van der Waals surface area contributed by atoms with E-state index in [-0.39, 0.29) is 0 Å². The summed E-state index contributed by atoms with van der Waals surface area (Å²) in [4.78, 5) is 25.0. The van der Waals surface area contributed by atoms with E-state index in [2.05, 4.69) is 30.3 Å². The molecule has 5 aromatic carbocycles. The highest BCUT2D eigenvalue weighted by molar-refractivity contribution is 7.26. The fourth-order valence-electron chi connectivity index (χ4n) is 5.46. The number of benzene rings is 5. The fraction of sp³-hybridized carbons (Fsp3) is 0. The number of hydrogen-bond acceptors (Lipinski definition) is 7. The monoisotopic (exact) mass is 594 g/mol. The summed E-state index contributed by atoms with van der Waals surface area (Å²) in [5.41, 5.74) is 6.59. The molecular weight excluding hydrogens is 573 g/mol. The Labute approximate surface area is 263 Å². The molecule has 0 fully saturated rings. The number of hydrogen-bond donors (Lipinski definition) is 0. The Bertz CT molecular complexity index is 2320. The maximum Gasteiger partial charge on any atom is 0.165 e. The Morgan fingerprint density at radius 1 is 0.444 bits per heavy atom. The number of nitrogens with zero attached hydrogens (tertiary/aromatic N) is 6. The largest absolute Gasteiger partial charge is 0.226 e. The molecule has 0 aliphatic heterocycles. The lowest BCUT2D eigenvalue weighted by molar-refractivity contribution is 1.08. The van der Waals surface area contributed by atoms with Gasteiger partial charge in [-0.3, -0.25) is 0 Å². The van der Waals surface area contributed by atoms with Gasteiger partial charge in [-0.1, -0.05) is 115 Å². The summed E-state index contributed by atoms with van der Waals surface area (Å²) in [6, 6.07) is 46.0. The maximum atomic E-state index is 9.86. The van der Waals surface area contributed by atoms with Crippen molar-refractivity contribution in [3.05, 3.63) is 139 Å². The van der Waals surface area contributed by atoms with Gasteiger partial charge in [-0.05, 0) is 18.2 Å². The van der Waals surface area contributed by atoms with Gasteiger partial charge in [0.25, 0.3) is 0 Å². The van der Waals surface area contributed by atoms with Gasteiger partial charge in [0, 0.05) is 37.9 Å². The molecule has 0 saturated carbocycles. The molecule has 0 bridgehead atoms. The fourth-order valence-corrected chi connectivity index (χ4v) is 6.72. The molecule has 0 aliphatic rings. The van der Waals surface area contributed by atoms with Crippen LogP contribution >= 0.6 is 11.3 Å². The van der Waals surface area contributed by atoms with Crippen molar-refractivity contribution in [3.8, 4) is 62.9 Å². The molecule has 7 heteroatoms. The average molecular weight is 595 g/mol. The summed E-state index contributed by atoms with van der Waals surface area (Å²) >= 11 is 1.63. The molecule has 8 aromatic rings. The van der Waals surface area contributed by atoms with Gasteiger partial charge >= 0.3 is 0 Å². The lowest BCUT2D eigenvalue weighted by Crippen LogP contribution is -2.00. The van der Waals surface area contributed by atoms with Crippen LogP contribution in [0.5, 0.6) is 0 Å². The van der Waals surface area contributed by atoms with Gasteiger partial charge in [-0.25, -0.2) is 24.9 Å². The molecule has 0 spiro atoms. The first kappa shape index (κ1) is 26.5. The van der Waals surface area contributed by atoms with E-state index < -0.39 is 0 Å². The second kappa shape index (κ2) is 11.2.